The summed E-state index contributed by atoms with van der Waals surface area (Å²) in [6.07, 6.45) is 1.19. The summed E-state index contributed by atoms with van der Waals surface area (Å²) in [6.45, 7) is 0. The van der Waals surface area contributed by atoms with E-state index in [0.717, 1.165) is 12.1 Å². The molecular weight excluding hydrogens is 273 g/mol. The van der Waals surface area contributed by atoms with E-state index in [-0.39, 0.29) is 17.1 Å². The van der Waals surface area contributed by atoms with Crippen LogP contribution in [0.3, 0.4) is 0 Å². The molecule has 0 amide bonds. The lowest BCUT2D eigenvalue weighted by Gasteiger charge is -2.17. The SMILES string of the molecule is COc1cc(C(NN)c2ccc(F)c(F)c2F)ncn1. The van der Waals surface area contributed by atoms with E-state index in [4.69, 9.17) is 10.6 Å². The minimum absolute atomic E-state index is 0.174. The fourth-order valence-corrected chi connectivity index (χ4v) is 1.72. The van der Waals surface area contributed by atoms with Crippen LogP contribution >= 0.6 is 0 Å². The first-order chi connectivity index (χ1) is 9.58. The van der Waals surface area contributed by atoms with Crippen LogP contribution in [0.5, 0.6) is 5.88 Å². The number of nitrogens with two attached hydrogens (primary N) is 1. The van der Waals surface area contributed by atoms with E-state index in [0.29, 0.717) is 0 Å². The largest absolute Gasteiger partial charge is 0.481 e. The summed E-state index contributed by atoms with van der Waals surface area (Å²) in [6, 6.07) is 2.34. The summed E-state index contributed by atoms with van der Waals surface area (Å²) in [4.78, 5) is 7.70. The Morgan fingerprint density at radius 1 is 1.20 bits per heavy atom. The lowest BCUT2D eigenvalue weighted by molar-refractivity contribution is 0.394. The van der Waals surface area contributed by atoms with Crippen molar-refractivity contribution >= 4 is 0 Å². The third-order valence-electron chi connectivity index (χ3n) is 2.71. The Kier molecular flexibility index (Phi) is 4.16. The number of ether oxygens (including phenoxy) is 1. The van der Waals surface area contributed by atoms with Crippen LogP contribution in [0.2, 0.25) is 0 Å². The van der Waals surface area contributed by atoms with Crippen molar-refractivity contribution in [2.75, 3.05) is 7.11 Å². The second kappa shape index (κ2) is 5.85. The van der Waals surface area contributed by atoms with Crippen molar-refractivity contribution in [2.45, 2.75) is 6.04 Å². The molecule has 0 aliphatic rings. The molecule has 0 saturated heterocycles. The monoisotopic (exact) mass is 284 g/mol. The first-order valence-electron chi connectivity index (χ1n) is 5.54. The first-order valence-corrected chi connectivity index (χ1v) is 5.54. The molecule has 1 atom stereocenters. The number of methoxy groups -OCH3 is 1. The summed E-state index contributed by atoms with van der Waals surface area (Å²) < 4.78 is 44.9. The maximum atomic E-state index is 13.8. The molecule has 1 aromatic heterocycles. The maximum Gasteiger partial charge on any atom is 0.216 e. The fraction of sp³-hybridized carbons (Fsp3) is 0.167. The third kappa shape index (κ3) is 2.56. The normalized spacial score (nSPS) is 12.2. The molecule has 8 heteroatoms. The van der Waals surface area contributed by atoms with Gasteiger partial charge in [-0.2, -0.15) is 0 Å². The van der Waals surface area contributed by atoms with E-state index in [1.54, 1.807) is 0 Å². The summed E-state index contributed by atoms with van der Waals surface area (Å²) in [5, 5.41) is 0. The van der Waals surface area contributed by atoms with Gasteiger partial charge in [-0.05, 0) is 6.07 Å². The number of aromatic nitrogens is 2. The van der Waals surface area contributed by atoms with Crippen molar-refractivity contribution in [3.05, 3.63) is 53.2 Å². The number of hydrogen-bond donors (Lipinski definition) is 2. The molecule has 2 aromatic rings. The van der Waals surface area contributed by atoms with Gasteiger partial charge in [0.25, 0.3) is 0 Å². The van der Waals surface area contributed by atoms with Crippen LogP contribution in [-0.2, 0) is 0 Å². The highest BCUT2D eigenvalue weighted by Crippen LogP contribution is 2.26. The Morgan fingerprint density at radius 2 is 1.95 bits per heavy atom. The quantitative estimate of drug-likeness (QED) is 0.505. The smallest absolute Gasteiger partial charge is 0.216 e. The highest BCUT2D eigenvalue weighted by atomic mass is 19.2. The third-order valence-corrected chi connectivity index (χ3v) is 2.71. The lowest BCUT2D eigenvalue weighted by atomic mass is 10.0. The van der Waals surface area contributed by atoms with Crippen molar-refractivity contribution in [3.8, 4) is 5.88 Å². The number of halogens is 3. The molecular formula is C12H11F3N4O. The molecule has 0 bridgehead atoms. The minimum atomic E-state index is -1.57. The summed E-state index contributed by atoms with van der Waals surface area (Å²) in [5.41, 5.74) is 2.38. The van der Waals surface area contributed by atoms with Gasteiger partial charge in [-0.1, -0.05) is 6.07 Å². The molecule has 0 radical (unpaired) electrons. The lowest BCUT2D eigenvalue weighted by Crippen LogP contribution is -2.30. The maximum absolute atomic E-state index is 13.8. The van der Waals surface area contributed by atoms with E-state index in [9.17, 15) is 13.2 Å². The molecule has 1 aromatic carbocycles. The van der Waals surface area contributed by atoms with Gasteiger partial charge in [0.15, 0.2) is 17.5 Å². The highest BCUT2D eigenvalue weighted by molar-refractivity contribution is 5.31. The van der Waals surface area contributed by atoms with Gasteiger partial charge in [0.1, 0.15) is 6.33 Å². The summed E-state index contributed by atoms with van der Waals surface area (Å²) in [5.74, 6) is 1.42. The zero-order chi connectivity index (χ0) is 14.7. The van der Waals surface area contributed by atoms with Gasteiger partial charge < -0.3 is 4.74 Å². The van der Waals surface area contributed by atoms with Crippen LogP contribution < -0.4 is 16.0 Å². The second-order valence-corrected chi connectivity index (χ2v) is 3.85. The molecule has 0 saturated carbocycles. The van der Waals surface area contributed by atoms with Crippen molar-refractivity contribution in [2.24, 2.45) is 5.84 Å². The molecule has 3 N–H and O–H groups in total. The summed E-state index contributed by atoms with van der Waals surface area (Å²) >= 11 is 0. The van der Waals surface area contributed by atoms with Gasteiger partial charge in [-0.3, -0.25) is 5.84 Å². The zero-order valence-corrected chi connectivity index (χ0v) is 10.4. The van der Waals surface area contributed by atoms with Crippen molar-refractivity contribution in [3.63, 3.8) is 0 Å². The molecule has 5 nitrogen and oxygen atoms in total. The van der Waals surface area contributed by atoms with E-state index in [1.807, 2.05) is 0 Å². The molecule has 2 rings (SSSR count). The van der Waals surface area contributed by atoms with E-state index < -0.39 is 23.5 Å². The molecule has 1 unspecified atom stereocenters. The van der Waals surface area contributed by atoms with Gasteiger partial charge >= 0.3 is 0 Å². The first kappa shape index (κ1) is 14.2. The Bertz CT molecular complexity index is 624. The minimum Gasteiger partial charge on any atom is -0.481 e. The van der Waals surface area contributed by atoms with E-state index >= 15 is 0 Å². The predicted molar refractivity (Wildman–Crippen MR) is 64.1 cm³/mol. The van der Waals surface area contributed by atoms with Crippen LogP contribution in [0.4, 0.5) is 13.2 Å². The average molecular weight is 284 g/mol. The number of rotatable bonds is 4. The van der Waals surface area contributed by atoms with Crippen LogP contribution in [0.15, 0.2) is 24.5 Å². The number of hydrazine groups is 1. The van der Waals surface area contributed by atoms with Crippen molar-refractivity contribution < 1.29 is 17.9 Å². The number of nitrogens with one attached hydrogen (secondary N) is 1. The van der Waals surface area contributed by atoms with Crippen LogP contribution in [0, 0.1) is 17.5 Å². The molecule has 20 heavy (non-hydrogen) atoms. The van der Waals surface area contributed by atoms with Crippen molar-refractivity contribution in [1.82, 2.24) is 15.4 Å². The van der Waals surface area contributed by atoms with Crippen molar-refractivity contribution in [1.29, 1.82) is 0 Å². The van der Waals surface area contributed by atoms with Crippen LogP contribution in [-0.4, -0.2) is 17.1 Å². The average Bonchev–Trinajstić information content (AvgIpc) is 2.48. The molecule has 0 fully saturated rings. The van der Waals surface area contributed by atoms with Gasteiger partial charge in [-0.25, -0.2) is 28.6 Å². The van der Waals surface area contributed by atoms with Gasteiger partial charge in [-0.15, -0.1) is 0 Å². The zero-order valence-electron chi connectivity index (χ0n) is 10.4. The Hall–Kier alpha value is -2.19. The molecule has 0 aliphatic heterocycles. The Morgan fingerprint density at radius 3 is 2.60 bits per heavy atom. The van der Waals surface area contributed by atoms with E-state index in [2.05, 4.69) is 15.4 Å². The number of hydrogen-bond acceptors (Lipinski definition) is 5. The Balaban J connectivity index is 2.49. The Labute approximate surface area is 112 Å². The van der Waals surface area contributed by atoms with Gasteiger partial charge in [0.05, 0.1) is 18.8 Å². The molecule has 0 aliphatic carbocycles. The molecule has 1 heterocycles. The fourth-order valence-electron chi connectivity index (χ4n) is 1.72. The van der Waals surface area contributed by atoms with E-state index in [1.165, 1.54) is 19.5 Å². The van der Waals surface area contributed by atoms with Crippen LogP contribution in [0.25, 0.3) is 0 Å². The molecule has 0 spiro atoms. The standard InChI is InChI=1S/C12H11F3N4O/c1-20-9-4-8(17-5-18-9)12(19-16)6-2-3-7(13)11(15)10(6)14/h2-5,12,19H,16H2,1H3. The highest BCUT2D eigenvalue weighted by Gasteiger charge is 2.22. The van der Waals surface area contributed by atoms with Gasteiger partial charge in [0, 0.05) is 11.6 Å². The predicted octanol–water partition coefficient (Wildman–Crippen LogP) is 1.46. The summed E-state index contributed by atoms with van der Waals surface area (Å²) in [7, 11) is 1.40. The number of benzene rings is 1. The number of nitrogens with zero attached hydrogens (tertiary/aromatic N) is 2. The second-order valence-electron chi connectivity index (χ2n) is 3.85. The topological polar surface area (TPSA) is 73.1 Å². The molecule has 106 valence electrons. The van der Waals surface area contributed by atoms with Crippen LogP contribution in [0.1, 0.15) is 17.3 Å². The van der Waals surface area contributed by atoms with Gasteiger partial charge in [0.2, 0.25) is 5.88 Å².